The highest BCUT2D eigenvalue weighted by molar-refractivity contribution is 5.69. The van der Waals surface area contributed by atoms with Crippen LogP contribution in [0.2, 0.25) is 0 Å². The largest absolute Gasteiger partial charge is 0.493 e. The molecule has 1 aromatic rings. The van der Waals surface area contributed by atoms with Crippen LogP contribution in [0.4, 0.5) is 0 Å². The van der Waals surface area contributed by atoms with Crippen molar-refractivity contribution >= 4 is 5.97 Å². The van der Waals surface area contributed by atoms with Gasteiger partial charge in [-0.05, 0) is 39.3 Å². The molecule has 0 amide bonds. The van der Waals surface area contributed by atoms with Crippen LogP contribution in [0.25, 0.3) is 0 Å². The minimum atomic E-state index is -0.431. The molecule has 0 N–H and O–H groups in total. The van der Waals surface area contributed by atoms with Gasteiger partial charge < -0.3 is 9.47 Å². The number of hydrogen-bond acceptors (Lipinski definition) is 3. The van der Waals surface area contributed by atoms with Gasteiger partial charge in [-0.1, -0.05) is 18.2 Å². The Balaban J connectivity index is 2.34. The number of para-hydroxylation sites is 1. The third-order valence-corrected chi connectivity index (χ3v) is 2.08. The van der Waals surface area contributed by atoms with E-state index in [1.54, 1.807) is 0 Å². The van der Waals surface area contributed by atoms with Crippen molar-refractivity contribution in [2.24, 2.45) is 0 Å². The Hall–Kier alpha value is -1.51. The number of ether oxygens (including phenoxy) is 2. The molecule has 0 spiro atoms. The maximum absolute atomic E-state index is 11.4. The highest BCUT2D eigenvalue weighted by Crippen LogP contribution is 2.16. The van der Waals surface area contributed by atoms with E-state index < -0.39 is 5.60 Å². The van der Waals surface area contributed by atoms with Gasteiger partial charge in [0, 0.05) is 0 Å². The van der Waals surface area contributed by atoms with Crippen molar-refractivity contribution in [3.63, 3.8) is 0 Å². The van der Waals surface area contributed by atoms with E-state index in [1.807, 2.05) is 52.0 Å². The van der Waals surface area contributed by atoms with Gasteiger partial charge in [-0.3, -0.25) is 4.79 Å². The summed E-state index contributed by atoms with van der Waals surface area (Å²) in [5.74, 6) is 0.585. The highest BCUT2D eigenvalue weighted by atomic mass is 16.6. The maximum atomic E-state index is 11.4. The quantitative estimate of drug-likeness (QED) is 0.753. The molecule has 1 rings (SSSR count). The van der Waals surface area contributed by atoms with Gasteiger partial charge in [0.1, 0.15) is 11.4 Å². The van der Waals surface area contributed by atoms with Gasteiger partial charge in [-0.25, -0.2) is 0 Å². The monoisotopic (exact) mass is 236 g/mol. The summed E-state index contributed by atoms with van der Waals surface area (Å²) < 4.78 is 10.7. The summed E-state index contributed by atoms with van der Waals surface area (Å²) in [7, 11) is 0. The molecule has 0 aliphatic heterocycles. The minimum Gasteiger partial charge on any atom is -0.493 e. The van der Waals surface area contributed by atoms with E-state index >= 15 is 0 Å². The molecule has 1 aromatic carbocycles. The average molecular weight is 236 g/mol. The van der Waals surface area contributed by atoms with E-state index in [4.69, 9.17) is 9.47 Å². The third-order valence-electron chi connectivity index (χ3n) is 2.08. The lowest BCUT2D eigenvalue weighted by Gasteiger charge is -2.19. The van der Waals surface area contributed by atoms with Crippen molar-refractivity contribution in [3.8, 4) is 5.75 Å². The van der Waals surface area contributed by atoms with Gasteiger partial charge in [0.2, 0.25) is 0 Å². The van der Waals surface area contributed by atoms with Gasteiger partial charge in [0.05, 0.1) is 13.0 Å². The van der Waals surface area contributed by atoms with Crippen LogP contribution in [-0.2, 0) is 9.53 Å². The summed E-state index contributed by atoms with van der Waals surface area (Å²) >= 11 is 0. The summed E-state index contributed by atoms with van der Waals surface area (Å²) in [6.07, 6.45) is 0.269. The van der Waals surface area contributed by atoms with Crippen LogP contribution in [0.15, 0.2) is 24.3 Å². The molecule has 94 valence electrons. The predicted octanol–water partition coefficient (Wildman–Crippen LogP) is 3.11. The number of aryl methyl sites for hydroxylation is 1. The fourth-order valence-corrected chi connectivity index (χ4v) is 1.36. The summed E-state index contributed by atoms with van der Waals surface area (Å²) in [5.41, 5.74) is 0.636. The number of carbonyl (C=O) groups is 1. The summed E-state index contributed by atoms with van der Waals surface area (Å²) in [4.78, 5) is 11.4. The first kappa shape index (κ1) is 13.6. The first-order valence-corrected chi connectivity index (χ1v) is 5.79. The number of benzene rings is 1. The van der Waals surface area contributed by atoms with E-state index in [-0.39, 0.29) is 12.4 Å². The molecule has 0 atom stereocenters. The third kappa shape index (κ3) is 5.38. The molecule has 0 heterocycles. The number of rotatable bonds is 4. The van der Waals surface area contributed by atoms with Crippen LogP contribution in [0, 0.1) is 6.92 Å². The molecule has 0 aromatic heterocycles. The van der Waals surface area contributed by atoms with Crippen molar-refractivity contribution in [2.45, 2.75) is 39.7 Å². The van der Waals surface area contributed by atoms with E-state index in [1.165, 1.54) is 0 Å². The lowest BCUT2D eigenvalue weighted by atomic mass is 10.2. The molecule has 17 heavy (non-hydrogen) atoms. The fraction of sp³-hybridized carbons (Fsp3) is 0.500. The average Bonchev–Trinajstić information content (AvgIpc) is 2.18. The Morgan fingerprint density at radius 1 is 1.24 bits per heavy atom. The smallest absolute Gasteiger partial charge is 0.309 e. The Labute approximate surface area is 103 Å². The van der Waals surface area contributed by atoms with Gasteiger partial charge >= 0.3 is 5.97 Å². The second kappa shape index (κ2) is 5.71. The lowest BCUT2D eigenvalue weighted by molar-refractivity contribution is -0.155. The second-order valence-corrected chi connectivity index (χ2v) is 4.95. The van der Waals surface area contributed by atoms with Gasteiger partial charge in [-0.15, -0.1) is 0 Å². The summed E-state index contributed by atoms with van der Waals surface area (Å²) in [6.45, 7) is 7.88. The van der Waals surface area contributed by atoms with Gasteiger partial charge in [0.15, 0.2) is 0 Å². The number of esters is 1. The van der Waals surface area contributed by atoms with E-state index in [9.17, 15) is 4.79 Å². The summed E-state index contributed by atoms with van der Waals surface area (Å²) in [5, 5.41) is 0. The van der Waals surface area contributed by atoms with Crippen molar-refractivity contribution in [3.05, 3.63) is 29.8 Å². The van der Waals surface area contributed by atoms with E-state index in [0.29, 0.717) is 6.61 Å². The molecule has 0 unspecified atom stereocenters. The van der Waals surface area contributed by atoms with Crippen LogP contribution in [-0.4, -0.2) is 18.2 Å². The SMILES string of the molecule is Cc1ccccc1OCCC(=O)OC(C)(C)C. The number of hydrogen-bond donors (Lipinski definition) is 0. The van der Waals surface area contributed by atoms with Crippen LogP contribution in [0.1, 0.15) is 32.8 Å². The molecular weight excluding hydrogens is 216 g/mol. The first-order valence-electron chi connectivity index (χ1n) is 5.79. The second-order valence-electron chi connectivity index (χ2n) is 4.95. The molecular formula is C14H20O3. The Kier molecular flexibility index (Phi) is 4.55. The molecule has 0 bridgehead atoms. The Bertz CT molecular complexity index is 377. The molecule has 3 heteroatoms. The molecule has 0 radical (unpaired) electrons. The molecule has 0 aliphatic carbocycles. The Morgan fingerprint density at radius 2 is 1.88 bits per heavy atom. The maximum Gasteiger partial charge on any atom is 0.309 e. The normalized spacial score (nSPS) is 11.1. The zero-order valence-electron chi connectivity index (χ0n) is 10.9. The van der Waals surface area contributed by atoms with Crippen molar-refractivity contribution < 1.29 is 14.3 Å². The number of carbonyl (C=O) groups excluding carboxylic acids is 1. The molecule has 3 nitrogen and oxygen atoms in total. The van der Waals surface area contributed by atoms with E-state index in [2.05, 4.69) is 0 Å². The fourth-order valence-electron chi connectivity index (χ4n) is 1.36. The van der Waals surface area contributed by atoms with Crippen LogP contribution in [0.5, 0.6) is 5.75 Å². The molecule has 0 saturated carbocycles. The topological polar surface area (TPSA) is 35.5 Å². The summed E-state index contributed by atoms with van der Waals surface area (Å²) in [6, 6.07) is 7.74. The molecule has 0 fully saturated rings. The van der Waals surface area contributed by atoms with Crippen LogP contribution < -0.4 is 4.74 Å². The molecule has 0 aliphatic rings. The van der Waals surface area contributed by atoms with Crippen LogP contribution >= 0.6 is 0 Å². The lowest BCUT2D eigenvalue weighted by Crippen LogP contribution is -2.24. The van der Waals surface area contributed by atoms with Gasteiger partial charge in [-0.2, -0.15) is 0 Å². The molecule has 0 saturated heterocycles. The van der Waals surface area contributed by atoms with Gasteiger partial charge in [0.25, 0.3) is 0 Å². The predicted molar refractivity (Wildman–Crippen MR) is 67.1 cm³/mol. The van der Waals surface area contributed by atoms with Crippen molar-refractivity contribution in [2.75, 3.05) is 6.61 Å². The Morgan fingerprint density at radius 3 is 2.47 bits per heavy atom. The van der Waals surface area contributed by atoms with Crippen LogP contribution in [0.3, 0.4) is 0 Å². The standard InChI is InChI=1S/C14H20O3/c1-11-7-5-6-8-12(11)16-10-9-13(15)17-14(2,3)4/h5-8H,9-10H2,1-4H3. The zero-order valence-corrected chi connectivity index (χ0v) is 10.9. The van der Waals surface area contributed by atoms with Crippen molar-refractivity contribution in [1.29, 1.82) is 0 Å². The zero-order chi connectivity index (χ0) is 12.9. The highest BCUT2D eigenvalue weighted by Gasteiger charge is 2.15. The van der Waals surface area contributed by atoms with E-state index in [0.717, 1.165) is 11.3 Å². The first-order chi connectivity index (χ1) is 7.88. The minimum absolute atomic E-state index is 0.230. The van der Waals surface area contributed by atoms with Crippen molar-refractivity contribution in [1.82, 2.24) is 0 Å².